The van der Waals surface area contributed by atoms with Gasteiger partial charge in [-0.25, -0.2) is 0 Å². The highest BCUT2D eigenvalue weighted by Crippen LogP contribution is 2.34. The Bertz CT molecular complexity index is 430. The molecule has 2 N–H and O–H groups in total. The van der Waals surface area contributed by atoms with Gasteiger partial charge in [-0.2, -0.15) is 0 Å². The highest BCUT2D eigenvalue weighted by atomic mass is 19.4. The van der Waals surface area contributed by atoms with E-state index in [0.717, 1.165) is 12.0 Å². The molecule has 3 atom stereocenters. The lowest BCUT2D eigenvalue weighted by Crippen LogP contribution is -2.33. The molecular formula is C15H20F3NO. The summed E-state index contributed by atoms with van der Waals surface area (Å²) in [6, 6.07) is 6.06. The molecule has 0 heterocycles. The lowest BCUT2D eigenvalue weighted by molar-refractivity contribution is -0.274. The van der Waals surface area contributed by atoms with Gasteiger partial charge in [0.05, 0.1) is 0 Å². The Balaban J connectivity index is 1.93. The highest BCUT2D eigenvalue weighted by molar-refractivity contribution is 5.28. The molecule has 1 aliphatic carbocycles. The predicted molar refractivity (Wildman–Crippen MR) is 71.3 cm³/mol. The Hall–Kier alpha value is -1.23. The maximum absolute atomic E-state index is 12.1. The number of hydrogen-bond acceptors (Lipinski definition) is 2. The predicted octanol–water partition coefficient (Wildman–Crippen LogP) is 3.89. The van der Waals surface area contributed by atoms with Crippen LogP contribution in [0.15, 0.2) is 24.3 Å². The SMILES string of the molecule is CC1CCCC1C(N)Cc1ccc(OC(F)(F)F)cc1. The molecule has 112 valence electrons. The average molecular weight is 287 g/mol. The first-order valence-corrected chi connectivity index (χ1v) is 6.95. The molecule has 0 aromatic heterocycles. The third kappa shape index (κ3) is 4.13. The van der Waals surface area contributed by atoms with Gasteiger partial charge in [0, 0.05) is 6.04 Å². The second kappa shape index (κ2) is 6.04. The van der Waals surface area contributed by atoms with Gasteiger partial charge in [-0.3, -0.25) is 0 Å². The summed E-state index contributed by atoms with van der Waals surface area (Å²) in [4.78, 5) is 0. The zero-order valence-electron chi connectivity index (χ0n) is 11.5. The summed E-state index contributed by atoms with van der Waals surface area (Å²) in [5, 5.41) is 0. The second-order valence-electron chi connectivity index (χ2n) is 5.63. The number of benzene rings is 1. The quantitative estimate of drug-likeness (QED) is 0.911. The largest absolute Gasteiger partial charge is 0.573 e. The van der Waals surface area contributed by atoms with E-state index < -0.39 is 6.36 Å². The topological polar surface area (TPSA) is 35.2 Å². The van der Waals surface area contributed by atoms with E-state index in [1.54, 1.807) is 12.1 Å². The van der Waals surface area contributed by atoms with Gasteiger partial charge >= 0.3 is 6.36 Å². The summed E-state index contributed by atoms with van der Waals surface area (Å²) in [5.74, 6) is 0.961. The van der Waals surface area contributed by atoms with Crippen LogP contribution in [0, 0.1) is 11.8 Å². The van der Waals surface area contributed by atoms with E-state index in [1.807, 2.05) is 0 Å². The first kappa shape index (κ1) is 15.2. The van der Waals surface area contributed by atoms with E-state index >= 15 is 0 Å². The van der Waals surface area contributed by atoms with Crippen LogP contribution in [-0.4, -0.2) is 12.4 Å². The van der Waals surface area contributed by atoms with Crippen LogP contribution >= 0.6 is 0 Å². The molecule has 1 fully saturated rings. The molecule has 3 unspecified atom stereocenters. The minimum absolute atomic E-state index is 0.0712. The third-order valence-corrected chi connectivity index (χ3v) is 4.11. The fourth-order valence-electron chi connectivity index (χ4n) is 3.06. The number of halogens is 3. The number of alkyl halides is 3. The molecule has 1 aromatic rings. The van der Waals surface area contributed by atoms with Crippen LogP contribution in [0.3, 0.4) is 0 Å². The molecule has 0 bridgehead atoms. The molecule has 1 saturated carbocycles. The number of rotatable bonds is 4. The standard InChI is InChI=1S/C15H20F3NO/c1-10-3-2-4-13(10)14(19)9-11-5-7-12(8-6-11)20-15(16,17)18/h5-8,10,13-14H,2-4,9,19H2,1H3. The van der Waals surface area contributed by atoms with Crippen LogP contribution in [-0.2, 0) is 6.42 Å². The van der Waals surface area contributed by atoms with Crippen molar-refractivity contribution in [3.05, 3.63) is 29.8 Å². The average Bonchev–Trinajstić information content (AvgIpc) is 2.76. The van der Waals surface area contributed by atoms with Crippen molar-refractivity contribution >= 4 is 0 Å². The van der Waals surface area contributed by atoms with Gasteiger partial charge in [0.1, 0.15) is 5.75 Å². The lowest BCUT2D eigenvalue weighted by Gasteiger charge is -2.23. The molecular weight excluding hydrogens is 267 g/mol. The van der Waals surface area contributed by atoms with Gasteiger partial charge in [-0.15, -0.1) is 13.2 Å². The van der Waals surface area contributed by atoms with Crippen LogP contribution in [0.5, 0.6) is 5.75 Å². The van der Waals surface area contributed by atoms with Gasteiger partial charge < -0.3 is 10.5 Å². The normalized spacial score (nSPS) is 24.6. The Labute approximate surface area is 117 Å². The molecule has 0 spiro atoms. The fourth-order valence-corrected chi connectivity index (χ4v) is 3.06. The van der Waals surface area contributed by atoms with E-state index in [2.05, 4.69) is 11.7 Å². The molecule has 0 radical (unpaired) electrons. The number of nitrogens with two attached hydrogens (primary N) is 1. The van der Waals surface area contributed by atoms with Crippen molar-refractivity contribution < 1.29 is 17.9 Å². The minimum Gasteiger partial charge on any atom is -0.406 e. The molecule has 0 aliphatic heterocycles. The van der Waals surface area contributed by atoms with Crippen molar-refractivity contribution in [1.29, 1.82) is 0 Å². The van der Waals surface area contributed by atoms with Gasteiger partial charge in [-0.1, -0.05) is 31.9 Å². The van der Waals surface area contributed by atoms with Crippen LogP contribution in [0.25, 0.3) is 0 Å². The zero-order valence-corrected chi connectivity index (χ0v) is 11.5. The number of ether oxygens (including phenoxy) is 1. The van der Waals surface area contributed by atoms with Crippen LogP contribution in [0.2, 0.25) is 0 Å². The van der Waals surface area contributed by atoms with E-state index in [-0.39, 0.29) is 11.8 Å². The Morgan fingerprint density at radius 2 is 1.90 bits per heavy atom. The van der Waals surface area contributed by atoms with Crippen molar-refractivity contribution in [2.75, 3.05) is 0 Å². The van der Waals surface area contributed by atoms with Gasteiger partial charge in [0.15, 0.2) is 0 Å². The van der Waals surface area contributed by atoms with Crippen LogP contribution in [0.1, 0.15) is 31.7 Å². The Morgan fingerprint density at radius 3 is 2.40 bits per heavy atom. The van der Waals surface area contributed by atoms with Crippen molar-refractivity contribution in [1.82, 2.24) is 0 Å². The fraction of sp³-hybridized carbons (Fsp3) is 0.600. The van der Waals surface area contributed by atoms with Crippen molar-refractivity contribution in [2.45, 2.75) is 45.0 Å². The van der Waals surface area contributed by atoms with Crippen molar-refractivity contribution in [2.24, 2.45) is 17.6 Å². The molecule has 0 amide bonds. The summed E-state index contributed by atoms with van der Waals surface area (Å²) in [6.07, 6.45) is -0.356. The van der Waals surface area contributed by atoms with Crippen LogP contribution in [0.4, 0.5) is 13.2 Å². The molecule has 1 aromatic carbocycles. The zero-order chi connectivity index (χ0) is 14.8. The summed E-state index contributed by atoms with van der Waals surface area (Å²) in [6.45, 7) is 2.22. The second-order valence-corrected chi connectivity index (χ2v) is 5.63. The van der Waals surface area contributed by atoms with Gasteiger partial charge in [-0.05, 0) is 42.4 Å². The third-order valence-electron chi connectivity index (χ3n) is 4.11. The number of hydrogen-bond donors (Lipinski definition) is 1. The maximum atomic E-state index is 12.1. The molecule has 20 heavy (non-hydrogen) atoms. The summed E-state index contributed by atoms with van der Waals surface area (Å²) in [5.41, 5.74) is 7.18. The van der Waals surface area contributed by atoms with Gasteiger partial charge in [0.2, 0.25) is 0 Å². The molecule has 2 nitrogen and oxygen atoms in total. The Morgan fingerprint density at radius 1 is 1.25 bits per heavy atom. The Kier molecular flexibility index (Phi) is 4.58. The van der Waals surface area contributed by atoms with Gasteiger partial charge in [0.25, 0.3) is 0 Å². The van der Waals surface area contributed by atoms with E-state index in [1.165, 1.54) is 25.0 Å². The smallest absolute Gasteiger partial charge is 0.406 e. The lowest BCUT2D eigenvalue weighted by atomic mass is 9.87. The first-order valence-electron chi connectivity index (χ1n) is 6.95. The van der Waals surface area contributed by atoms with Crippen molar-refractivity contribution in [3.8, 4) is 5.75 Å². The molecule has 1 aliphatic rings. The molecule has 5 heteroatoms. The summed E-state index contributed by atoms with van der Waals surface area (Å²) in [7, 11) is 0. The maximum Gasteiger partial charge on any atom is 0.573 e. The molecule has 0 saturated heterocycles. The monoisotopic (exact) mass is 287 g/mol. The van der Waals surface area contributed by atoms with E-state index in [4.69, 9.17) is 5.73 Å². The summed E-state index contributed by atoms with van der Waals surface area (Å²) < 4.78 is 40.0. The minimum atomic E-state index is -4.64. The van der Waals surface area contributed by atoms with Crippen molar-refractivity contribution in [3.63, 3.8) is 0 Å². The first-order chi connectivity index (χ1) is 9.35. The molecule has 2 rings (SSSR count). The van der Waals surface area contributed by atoms with E-state index in [9.17, 15) is 13.2 Å². The summed E-state index contributed by atoms with van der Waals surface area (Å²) >= 11 is 0. The van der Waals surface area contributed by atoms with Crippen LogP contribution < -0.4 is 10.5 Å². The van der Waals surface area contributed by atoms with E-state index in [0.29, 0.717) is 18.3 Å². The highest BCUT2D eigenvalue weighted by Gasteiger charge is 2.31.